The van der Waals surface area contributed by atoms with Crippen LogP contribution in [0.2, 0.25) is 0 Å². The number of hydrogen-bond donors (Lipinski definition) is 1. The molecular weight excluding hydrogens is 168 g/mol. The van der Waals surface area contributed by atoms with E-state index in [4.69, 9.17) is 10.1 Å². The summed E-state index contributed by atoms with van der Waals surface area (Å²) in [5.74, 6) is 0.0457. The number of rotatable bonds is 1. The Morgan fingerprint density at radius 3 is 2.77 bits per heavy atom. The summed E-state index contributed by atoms with van der Waals surface area (Å²) in [6, 6.07) is 0. The molecule has 0 aromatic heterocycles. The molecule has 70 valence electrons. The maximum Gasteiger partial charge on any atom is 0.390 e. The predicted octanol–water partition coefficient (Wildman–Crippen LogP) is 2.34. The number of ether oxygens (including phenoxy) is 1. The van der Waals surface area contributed by atoms with Crippen LogP contribution >= 0.6 is 0 Å². The molecule has 2 aliphatic rings. The van der Waals surface area contributed by atoms with Crippen LogP contribution in [0.1, 0.15) is 32.1 Å². The van der Waals surface area contributed by atoms with Gasteiger partial charge in [0.05, 0.1) is 0 Å². The van der Waals surface area contributed by atoms with Crippen LogP contribution in [0, 0.1) is 5.39 Å². The summed E-state index contributed by atoms with van der Waals surface area (Å²) in [4.78, 5) is 2.78. The highest BCUT2D eigenvalue weighted by Crippen LogP contribution is 2.50. The molecule has 1 saturated heterocycles. The molecule has 1 aliphatic heterocycles. The third-order valence-electron chi connectivity index (χ3n) is 2.93. The zero-order valence-corrected chi connectivity index (χ0v) is 7.44. The van der Waals surface area contributed by atoms with Crippen LogP contribution in [0.15, 0.2) is 12.0 Å². The van der Waals surface area contributed by atoms with E-state index in [2.05, 4.69) is 4.98 Å². The minimum atomic E-state index is -0.219. The lowest BCUT2D eigenvalue weighted by molar-refractivity contribution is 0.231. The lowest BCUT2D eigenvalue weighted by Crippen LogP contribution is -2.19. The van der Waals surface area contributed by atoms with Gasteiger partial charge in [-0.05, 0) is 12.8 Å². The molecule has 0 radical (unpaired) electrons. The number of epoxide rings is 1. The van der Waals surface area contributed by atoms with Crippen molar-refractivity contribution in [2.45, 2.75) is 43.8 Å². The predicted molar refractivity (Wildman–Crippen MR) is 46.5 cm³/mol. The Balaban J connectivity index is 2.00. The normalized spacial score (nSPS) is 31.3. The van der Waals surface area contributed by atoms with E-state index in [1.807, 2.05) is 0 Å². The zero-order chi connectivity index (χ0) is 9.31. The molecule has 2 rings (SSSR count). The van der Waals surface area contributed by atoms with Crippen molar-refractivity contribution >= 4 is 0 Å². The van der Waals surface area contributed by atoms with Crippen molar-refractivity contribution in [1.29, 1.82) is 5.39 Å². The minimum absolute atomic E-state index is 0.0457. The van der Waals surface area contributed by atoms with E-state index in [0.717, 1.165) is 19.0 Å². The first-order chi connectivity index (χ1) is 6.28. The van der Waals surface area contributed by atoms with Crippen LogP contribution < -0.4 is 0 Å². The second kappa shape index (κ2) is 3.00. The monoisotopic (exact) mass is 181 g/mol. The molecule has 1 N–H and O–H groups in total. The molecular formula is C9H13N2O2+. The van der Waals surface area contributed by atoms with E-state index in [0.29, 0.717) is 0 Å². The van der Waals surface area contributed by atoms with Gasteiger partial charge in [0.2, 0.25) is 11.2 Å². The van der Waals surface area contributed by atoms with Crippen LogP contribution in [0.25, 0.3) is 4.98 Å². The summed E-state index contributed by atoms with van der Waals surface area (Å²) in [5.41, 5.74) is -0.122. The number of aliphatic hydroxyl groups is 1. The van der Waals surface area contributed by atoms with Crippen LogP contribution in [0.5, 0.6) is 0 Å². The second-order valence-electron chi connectivity index (χ2n) is 3.79. The van der Waals surface area contributed by atoms with Crippen LogP contribution in [-0.2, 0) is 4.74 Å². The van der Waals surface area contributed by atoms with Crippen molar-refractivity contribution in [2.24, 2.45) is 0 Å². The highest BCUT2D eigenvalue weighted by molar-refractivity contribution is 5.19. The maximum absolute atomic E-state index is 9.39. The molecule has 13 heavy (non-hydrogen) atoms. The first-order valence-corrected chi connectivity index (χ1v) is 4.69. The second-order valence-corrected chi connectivity index (χ2v) is 3.79. The van der Waals surface area contributed by atoms with Crippen molar-refractivity contribution < 1.29 is 9.84 Å². The van der Waals surface area contributed by atoms with Crippen LogP contribution in [0.3, 0.4) is 0 Å². The molecule has 0 aromatic rings. The van der Waals surface area contributed by atoms with Crippen LogP contribution in [0.4, 0.5) is 0 Å². The van der Waals surface area contributed by atoms with Gasteiger partial charge in [0.25, 0.3) is 0 Å². The van der Waals surface area contributed by atoms with Gasteiger partial charge < -0.3 is 9.84 Å². The maximum atomic E-state index is 9.39. The van der Waals surface area contributed by atoms with Gasteiger partial charge >= 0.3 is 6.20 Å². The molecule has 2 fully saturated rings. The topological polar surface area (TPSA) is 60.9 Å². The first kappa shape index (κ1) is 8.52. The van der Waals surface area contributed by atoms with E-state index in [1.165, 1.54) is 19.3 Å². The molecule has 4 heteroatoms. The zero-order valence-electron chi connectivity index (χ0n) is 7.44. The summed E-state index contributed by atoms with van der Waals surface area (Å²) in [6.45, 7) is 0. The minimum Gasteiger partial charge on any atom is -0.503 e. The van der Waals surface area contributed by atoms with E-state index in [-0.39, 0.29) is 17.5 Å². The van der Waals surface area contributed by atoms with Gasteiger partial charge in [-0.25, -0.2) is 0 Å². The van der Waals surface area contributed by atoms with E-state index < -0.39 is 0 Å². The number of nitrogens with zero attached hydrogens (tertiary/aromatic N) is 2. The van der Waals surface area contributed by atoms with Gasteiger partial charge in [0, 0.05) is 0 Å². The van der Waals surface area contributed by atoms with Crippen molar-refractivity contribution in [3.63, 3.8) is 0 Å². The fourth-order valence-corrected chi connectivity index (χ4v) is 2.19. The average Bonchev–Trinajstić information content (AvgIpc) is 2.81. The average molecular weight is 181 g/mol. The van der Waals surface area contributed by atoms with Crippen molar-refractivity contribution in [2.75, 3.05) is 0 Å². The Morgan fingerprint density at radius 2 is 2.15 bits per heavy atom. The lowest BCUT2D eigenvalue weighted by atomic mass is 9.86. The molecule has 1 unspecified atom stereocenters. The molecule has 1 heterocycles. The molecule has 0 amide bonds. The first-order valence-electron chi connectivity index (χ1n) is 4.69. The molecule has 1 spiro atoms. The number of diazo groups is 1. The molecule has 4 nitrogen and oxygen atoms in total. The third-order valence-corrected chi connectivity index (χ3v) is 2.93. The Labute approximate surface area is 76.8 Å². The van der Waals surface area contributed by atoms with E-state index in [9.17, 15) is 5.11 Å². The van der Waals surface area contributed by atoms with Gasteiger partial charge in [-0.3, -0.25) is 0 Å². The summed E-state index contributed by atoms with van der Waals surface area (Å²) in [7, 11) is 0. The molecule has 0 aromatic carbocycles. The van der Waals surface area contributed by atoms with Gasteiger partial charge in [-0.15, -0.1) is 0 Å². The van der Waals surface area contributed by atoms with E-state index >= 15 is 0 Å². The number of aliphatic hydroxyl groups excluding tert-OH is 1. The quantitative estimate of drug-likeness (QED) is 0.383. The standard InChI is InChI=1S/C9H12N2O2/c10-11-6-7(12)8-9(13-8)4-2-1-3-5-9/h6,8H,1-5H2/p+1. The summed E-state index contributed by atoms with van der Waals surface area (Å²) < 4.78 is 5.47. The fraction of sp³-hybridized carbons (Fsp3) is 0.778. The third kappa shape index (κ3) is 1.40. The van der Waals surface area contributed by atoms with Gasteiger partial charge in [-0.1, -0.05) is 19.3 Å². The number of hydrogen-bond acceptors (Lipinski definition) is 3. The van der Waals surface area contributed by atoms with Crippen LogP contribution in [-0.4, -0.2) is 16.8 Å². The summed E-state index contributed by atoms with van der Waals surface area (Å²) in [5, 5.41) is 17.6. The highest BCUT2D eigenvalue weighted by atomic mass is 16.6. The SMILES string of the molecule is N#[N+]C=C(O)C1OC12CCCCC2. The van der Waals surface area contributed by atoms with Crippen molar-refractivity contribution in [3.8, 4) is 0 Å². The lowest BCUT2D eigenvalue weighted by Gasteiger charge is -2.17. The summed E-state index contributed by atoms with van der Waals surface area (Å²) in [6.07, 6.45) is 6.45. The Hall–Kier alpha value is -1.08. The largest absolute Gasteiger partial charge is 0.503 e. The van der Waals surface area contributed by atoms with E-state index in [1.54, 1.807) is 0 Å². The van der Waals surface area contributed by atoms with Gasteiger partial charge in [0.1, 0.15) is 5.60 Å². The molecule has 1 saturated carbocycles. The van der Waals surface area contributed by atoms with Crippen molar-refractivity contribution in [1.82, 2.24) is 0 Å². The smallest absolute Gasteiger partial charge is 0.390 e. The highest BCUT2D eigenvalue weighted by Gasteiger charge is 2.59. The molecule has 0 bridgehead atoms. The van der Waals surface area contributed by atoms with Gasteiger partial charge in [0.15, 0.2) is 11.1 Å². The van der Waals surface area contributed by atoms with Crippen molar-refractivity contribution in [3.05, 3.63) is 16.9 Å². The van der Waals surface area contributed by atoms with Gasteiger partial charge in [-0.2, -0.15) is 0 Å². The Kier molecular flexibility index (Phi) is 1.97. The molecule has 1 aliphatic carbocycles. The fourth-order valence-electron chi connectivity index (χ4n) is 2.19. The Morgan fingerprint density at radius 1 is 1.46 bits per heavy atom. The molecule has 1 atom stereocenters. The summed E-state index contributed by atoms with van der Waals surface area (Å²) >= 11 is 0. The Bertz CT molecular complexity index is 274.